The van der Waals surface area contributed by atoms with Gasteiger partial charge < -0.3 is 10.1 Å². The summed E-state index contributed by atoms with van der Waals surface area (Å²) in [6.07, 6.45) is 1.64. The molecule has 0 radical (unpaired) electrons. The second-order valence-corrected chi connectivity index (χ2v) is 9.12. The number of benzene rings is 3. The molecule has 1 aliphatic heterocycles. The Morgan fingerprint density at radius 2 is 2.03 bits per heavy atom. The van der Waals surface area contributed by atoms with Gasteiger partial charge in [0.05, 0.1) is 24.4 Å². The highest BCUT2D eigenvalue weighted by atomic mass is 79.9. The van der Waals surface area contributed by atoms with Gasteiger partial charge >= 0.3 is 0 Å². The molecule has 0 unspecified atom stereocenters. The summed E-state index contributed by atoms with van der Waals surface area (Å²) in [6, 6.07) is 15.5. The van der Waals surface area contributed by atoms with Crippen molar-refractivity contribution in [3.05, 3.63) is 86.5 Å². The Morgan fingerprint density at radius 3 is 2.81 bits per heavy atom. The molecule has 0 atom stereocenters. The van der Waals surface area contributed by atoms with Gasteiger partial charge in [-0.3, -0.25) is 14.8 Å². The molecule has 4 aromatic rings. The number of anilines is 1. The molecule has 1 amide bonds. The Kier molecular flexibility index (Phi) is 5.63. The zero-order valence-electron chi connectivity index (χ0n) is 17.3. The number of hydrogen-bond acceptors (Lipinski definition) is 4. The SMILES string of the molecule is COc1ccc(CN2Cc3cc(NC(=O)c4cc(Cl)cc5[nH]ncc45)cc(Br)c3C2)cc1. The van der Waals surface area contributed by atoms with Gasteiger partial charge in [0.15, 0.2) is 0 Å². The Hall–Kier alpha value is -2.87. The molecule has 0 fully saturated rings. The van der Waals surface area contributed by atoms with Crippen molar-refractivity contribution in [1.82, 2.24) is 15.1 Å². The van der Waals surface area contributed by atoms with E-state index in [0.29, 0.717) is 10.6 Å². The summed E-state index contributed by atoms with van der Waals surface area (Å²) in [5.74, 6) is 0.632. The molecular weight excluding hydrogens is 492 g/mol. The summed E-state index contributed by atoms with van der Waals surface area (Å²) in [7, 11) is 1.67. The molecule has 0 spiro atoms. The third-order valence-electron chi connectivity index (χ3n) is 5.65. The quantitative estimate of drug-likeness (QED) is 0.358. The van der Waals surface area contributed by atoms with Crippen molar-refractivity contribution in [3.63, 3.8) is 0 Å². The van der Waals surface area contributed by atoms with Gasteiger partial charge in [-0.1, -0.05) is 39.7 Å². The van der Waals surface area contributed by atoms with Crippen LogP contribution in [0.25, 0.3) is 10.9 Å². The van der Waals surface area contributed by atoms with E-state index in [-0.39, 0.29) is 5.91 Å². The minimum atomic E-state index is -0.223. The molecule has 2 heterocycles. The fourth-order valence-electron chi connectivity index (χ4n) is 4.11. The van der Waals surface area contributed by atoms with E-state index < -0.39 is 0 Å². The molecule has 2 N–H and O–H groups in total. The van der Waals surface area contributed by atoms with E-state index >= 15 is 0 Å². The fraction of sp³-hybridized carbons (Fsp3) is 0.167. The minimum Gasteiger partial charge on any atom is -0.497 e. The highest BCUT2D eigenvalue weighted by Crippen LogP contribution is 2.34. The molecule has 5 rings (SSSR count). The van der Waals surface area contributed by atoms with Gasteiger partial charge in [0, 0.05) is 40.2 Å². The molecular formula is C24H20BrClN4O2. The van der Waals surface area contributed by atoms with Crippen molar-refractivity contribution in [2.24, 2.45) is 0 Å². The normalized spacial score (nSPS) is 13.3. The van der Waals surface area contributed by atoms with Crippen molar-refractivity contribution in [2.75, 3.05) is 12.4 Å². The highest BCUT2D eigenvalue weighted by Gasteiger charge is 2.23. The predicted molar refractivity (Wildman–Crippen MR) is 129 cm³/mol. The molecule has 1 aromatic heterocycles. The summed E-state index contributed by atoms with van der Waals surface area (Å²) in [5.41, 5.74) is 5.63. The van der Waals surface area contributed by atoms with Crippen LogP contribution in [0.1, 0.15) is 27.0 Å². The van der Waals surface area contributed by atoms with Crippen molar-refractivity contribution < 1.29 is 9.53 Å². The number of rotatable bonds is 5. The number of nitrogens with zero attached hydrogens (tertiary/aromatic N) is 2. The number of nitrogens with one attached hydrogen (secondary N) is 2. The molecule has 3 aromatic carbocycles. The molecule has 6 nitrogen and oxygen atoms in total. The van der Waals surface area contributed by atoms with Crippen LogP contribution in [0.15, 0.2) is 59.2 Å². The summed E-state index contributed by atoms with van der Waals surface area (Å²) in [6.45, 7) is 2.50. The first-order chi connectivity index (χ1) is 15.5. The van der Waals surface area contributed by atoms with Crippen molar-refractivity contribution in [3.8, 4) is 5.75 Å². The maximum Gasteiger partial charge on any atom is 0.256 e. The van der Waals surface area contributed by atoms with Crippen LogP contribution in [0.5, 0.6) is 5.75 Å². The number of amides is 1. The van der Waals surface area contributed by atoms with Crippen molar-refractivity contribution in [2.45, 2.75) is 19.6 Å². The van der Waals surface area contributed by atoms with Gasteiger partial charge in [-0.05, 0) is 53.1 Å². The number of aromatic nitrogens is 2. The van der Waals surface area contributed by atoms with E-state index in [0.717, 1.165) is 46.4 Å². The number of methoxy groups -OCH3 is 1. The Balaban J connectivity index is 1.34. The van der Waals surface area contributed by atoms with E-state index in [1.54, 1.807) is 25.4 Å². The Bertz CT molecular complexity index is 1320. The lowest BCUT2D eigenvalue weighted by atomic mass is 10.1. The molecule has 0 bridgehead atoms. The lowest BCUT2D eigenvalue weighted by Crippen LogP contribution is -2.15. The zero-order chi connectivity index (χ0) is 22.2. The monoisotopic (exact) mass is 510 g/mol. The Labute approximate surface area is 198 Å². The molecule has 162 valence electrons. The van der Waals surface area contributed by atoms with Gasteiger partial charge in [-0.25, -0.2) is 0 Å². The number of carbonyl (C=O) groups is 1. The van der Waals surface area contributed by atoms with E-state index in [2.05, 4.69) is 48.5 Å². The number of hydrogen-bond donors (Lipinski definition) is 2. The lowest BCUT2D eigenvalue weighted by molar-refractivity contribution is 0.102. The molecule has 8 heteroatoms. The fourth-order valence-corrected chi connectivity index (χ4v) is 4.95. The second kappa shape index (κ2) is 8.58. The van der Waals surface area contributed by atoms with Gasteiger partial charge in [0.2, 0.25) is 0 Å². The standard InChI is InChI=1S/C24H20BrClN4O2/c1-32-18-4-2-14(3-5-18)11-30-12-15-6-17(9-22(25)21(15)13-30)28-24(31)19-7-16(26)8-23-20(19)10-27-29-23/h2-10H,11-13H2,1H3,(H,27,29)(H,28,31). The molecule has 1 aliphatic rings. The summed E-state index contributed by atoms with van der Waals surface area (Å²) < 4.78 is 6.23. The summed E-state index contributed by atoms with van der Waals surface area (Å²) in [5, 5.41) is 11.1. The van der Waals surface area contributed by atoms with Crippen LogP contribution < -0.4 is 10.1 Å². The maximum absolute atomic E-state index is 13.0. The van der Waals surface area contributed by atoms with Gasteiger partial charge in [0.25, 0.3) is 5.91 Å². The smallest absolute Gasteiger partial charge is 0.256 e. The van der Waals surface area contributed by atoms with Crippen LogP contribution in [0.3, 0.4) is 0 Å². The van der Waals surface area contributed by atoms with E-state index in [9.17, 15) is 4.79 Å². The predicted octanol–water partition coefficient (Wildman–Crippen LogP) is 5.76. The first-order valence-corrected chi connectivity index (χ1v) is 11.3. The summed E-state index contributed by atoms with van der Waals surface area (Å²) in [4.78, 5) is 15.4. The maximum atomic E-state index is 13.0. The van der Waals surface area contributed by atoms with Gasteiger partial charge in [0.1, 0.15) is 5.75 Å². The number of aromatic amines is 1. The topological polar surface area (TPSA) is 70.2 Å². The van der Waals surface area contributed by atoms with Crippen LogP contribution in [0.4, 0.5) is 5.69 Å². The number of fused-ring (bicyclic) bond motifs is 2. The lowest BCUT2D eigenvalue weighted by Gasteiger charge is -2.15. The van der Waals surface area contributed by atoms with E-state index in [1.165, 1.54) is 16.7 Å². The molecule has 32 heavy (non-hydrogen) atoms. The van der Waals surface area contributed by atoms with Gasteiger partial charge in [-0.2, -0.15) is 5.10 Å². The minimum absolute atomic E-state index is 0.223. The molecule has 0 saturated carbocycles. The third kappa shape index (κ3) is 4.11. The first kappa shape index (κ1) is 21.0. The number of ether oxygens (including phenoxy) is 1. The number of halogens is 2. The number of carbonyl (C=O) groups excluding carboxylic acids is 1. The molecule has 0 saturated heterocycles. The Morgan fingerprint density at radius 1 is 1.22 bits per heavy atom. The molecule has 0 aliphatic carbocycles. The van der Waals surface area contributed by atoms with Crippen molar-refractivity contribution in [1.29, 1.82) is 0 Å². The van der Waals surface area contributed by atoms with Crippen LogP contribution in [-0.4, -0.2) is 28.1 Å². The van der Waals surface area contributed by atoms with Crippen molar-refractivity contribution >= 4 is 50.0 Å². The zero-order valence-corrected chi connectivity index (χ0v) is 19.6. The van der Waals surface area contributed by atoms with Crippen LogP contribution in [0, 0.1) is 0 Å². The van der Waals surface area contributed by atoms with E-state index in [1.807, 2.05) is 24.3 Å². The van der Waals surface area contributed by atoms with Crippen LogP contribution >= 0.6 is 27.5 Å². The highest BCUT2D eigenvalue weighted by molar-refractivity contribution is 9.10. The van der Waals surface area contributed by atoms with Gasteiger partial charge in [-0.15, -0.1) is 0 Å². The third-order valence-corrected chi connectivity index (χ3v) is 6.58. The number of H-pyrrole nitrogens is 1. The summed E-state index contributed by atoms with van der Waals surface area (Å²) >= 11 is 9.87. The average molecular weight is 512 g/mol. The van der Waals surface area contributed by atoms with Crippen LogP contribution in [-0.2, 0) is 19.6 Å². The average Bonchev–Trinajstić information content (AvgIpc) is 3.40. The largest absolute Gasteiger partial charge is 0.497 e. The first-order valence-electron chi connectivity index (χ1n) is 10.1. The van der Waals surface area contributed by atoms with E-state index in [4.69, 9.17) is 16.3 Å². The van der Waals surface area contributed by atoms with Crippen LogP contribution in [0.2, 0.25) is 5.02 Å². The second-order valence-electron chi connectivity index (χ2n) is 7.83.